The molecule has 1 rings (SSSR count). The van der Waals surface area contributed by atoms with Crippen LogP contribution in [0.3, 0.4) is 0 Å². The highest BCUT2D eigenvalue weighted by Gasteiger charge is 2.43. The van der Waals surface area contributed by atoms with Crippen LogP contribution in [0.15, 0.2) is 0 Å². The minimum absolute atomic E-state index is 0.171. The Bertz CT molecular complexity index is 230. The van der Waals surface area contributed by atoms with Crippen LogP contribution in [0.4, 0.5) is 0 Å². The maximum atomic E-state index is 8.99. The normalized spacial score (nSPS) is 22.9. The van der Waals surface area contributed by atoms with E-state index in [0.717, 1.165) is 12.8 Å². The Balaban J connectivity index is 2.38. The van der Waals surface area contributed by atoms with Crippen LogP contribution in [0.5, 0.6) is 0 Å². The Morgan fingerprint density at radius 3 is 2.43 bits per heavy atom. The Labute approximate surface area is 86.2 Å². The van der Waals surface area contributed by atoms with Gasteiger partial charge in [0.05, 0.1) is 18.8 Å². The van der Waals surface area contributed by atoms with E-state index >= 15 is 0 Å². The zero-order valence-electron chi connectivity index (χ0n) is 9.29. The molecule has 14 heavy (non-hydrogen) atoms. The van der Waals surface area contributed by atoms with Gasteiger partial charge in [0.15, 0.2) is 0 Å². The summed E-state index contributed by atoms with van der Waals surface area (Å²) in [7, 11) is 0. The van der Waals surface area contributed by atoms with Gasteiger partial charge in [0.2, 0.25) is 0 Å². The lowest BCUT2D eigenvalue weighted by Crippen LogP contribution is -2.46. The van der Waals surface area contributed by atoms with Crippen LogP contribution in [0.25, 0.3) is 0 Å². The molecule has 0 spiro atoms. The fourth-order valence-corrected chi connectivity index (χ4v) is 1.30. The molecule has 0 aromatic carbocycles. The average Bonchev–Trinajstić information content (AvgIpc) is 2.96. The van der Waals surface area contributed by atoms with E-state index in [2.05, 4.69) is 19.9 Å². The van der Waals surface area contributed by atoms with Crippen molar-refractivity contribution in [1.29, 1.82) is 5.26 Å². The molecule has 0 saturated heterocycles. The third-order valence-corrected chi connectivity index (χ3v) is 3.04. The number of hydrogen-bond donors (Lipinski definition) is 1. The van der Waals surface area contributed by atoms with E-state index in [-0.39, 0.29) is 6.10 Å². The van der Waals surface area contributed by atoms with Crippen molar-refractivity contribution in [1.82, 2.24) is 0 Å². The van der Waals surface area contributed by atoms with Gasteiger partial charge in [-0.05, 0) is 31.6 Å². The van der Waals surface area contributed by atoms with Crippen molar-refractivity contribution in [2.75, 3.05) is 6.61 Å². The molecule has 2 unspecified atom stereocenters. The van der Waals surface area contributed by atoms with Crippen molar-refractivity contribution in [3.05, 3.63) is 0 Å². The minimum atomic E-state index is -0.747. The molecule has 1 fully saturated rings. The monoisotopic (exact) mass is 196 g/mol. The minimum Gasteiger partial charge on any atom is -0.375 e. The summed E-state index contributed by atoms with van der Waals surface area (Å²) in [4.78, 5) is 0. The first-order valence-corrected chi connectivity index (χ1v) is 5.31. The van der Waals surface area contributed by atoms with Crippen molar-refractivity contribution in [3.63, 3.8) is 0 Å². The highest BCUT2D eigenvalue weighted by atomic mass is 16.5. The summed E-state index contributed by atoms with van der Waals surface area (Å²) in [6.45, 7) is 6.60. The van der Waals surface area contributed by atoms with Gasteiger partial charge in [-0.25, -0.2) is 0 Å². The molecule has 80 valence electrons. The first-order chi connectivity index (χ1) is 6.49. The summed E-state index contributed by atoms with van der Waals surface area (Å²) in [5.74, 6) is 0.823. The van der Waals surface area contributed by atoms with Crippen LogP contribution in [-0.2, 0) is 4.74 Å². The van der Waals surface area contributed by atoms with Crippen LogP contribution in [-0.4, -0.2) is 18.2 Å². The van der Waals surface area contributed by atoms with Crippen LogP contribution in [0.1, 0.15) is 33.6 Å². The van der Waals surface area contributed by atoms with Gasteiger partial charge in [-0.2, -0.15) is 5.26 Å². The van der Waals surface area contributed by atoms with Crippen molar-refractivity contribution in [2.45, 2.75) is 45.3 Å². The van der Waals surface area contributed by atoms with Crippen LogP contribution < -0.4 is 5.73 Å². The largest absolute Gasteiger partial charge is 0.375 e. The first-order valence-electron chi connectivity index (χ1n) is 5.31. The van der Waals surface area contributed by atoms with E-state index in [1.165, 1.54) is 0 Å². The van der Waals surface area contributed by atoms with Gasteiger partial charge in [-0.1, -0.05) is 13.8 Å². The van der Waals surface area contributed by atoms with Crippen molar-refractivity contribution < 1.29 is 4.74 Å². The second-order valence-corrected chi connectivity index (χ2v) is 4.69. The molecule has 0 bridgehead atoms. The van der Waals surface area contributed by atoms with Crippen molar-refractivity contribution in [3.8, 4) is 6.07 Å². The molecule has 0 amide bonds. The van der Waals surface area contributed by atoms with Crippen molar-refractivity contribution >= 4 is 0 Å². The van der Waals surface area contributed by atoms with E-state index in [1.54, 1.807) is 0 Å². The van der Waals surface area contributed by atoms with E-state index < -0.39 is 5.54 Å². The SMILES string of the molecule is CC(C)C(C)OCC(N)(C#N)C1CC1. The van der Waals surface area contributed by atoms with E-state index in [0.29, 0.717) is 18.4 Å². The second-order valence-electron chi connectivity index (χ2n) is 4.69. The summed E-state index contributed by atoms with van der Waals surface area (Å²) < 4.78 is 5.61. The lowest BCUT2D eigenvalue weighted by molar-refractivity contribution is 0.0121. The molecule has 0 aliphatic heterocycles. The quantitative estimate of drug-likeness (QED) is 0.727. The fourth-order valence-electron chi connectivity index (χ4n) is 1.30. The summed E-state index contributed by atoms with van der Waals surface area (Å²) in [5, 5.41) is 8.99. The van der Waals surface area contributed by atoms with Gasteiger partial charge in [0, 0.05) is 0 Å². The van der Waals surface area contributed by atoms with Gasteiger partial charge in [-0.3, -0.25) is 0 Å². The average molecular weight is 196 g/mol. The van der Waals surface area contributed by atoms with Gasteiger partial charge in [0.25, 0.3) is 0 Å². The Morgan fingerprint density at radius 2 is 2.07 bits per heavy atom. The smallest absolute Gasteiger partial charge is 0.130 e. The zero-order chi connectivity index (χ0) is 10.8. The predicted molar refractivity (Wildman–Crippen MR) is 55.5 cm³/mol. The van der Waals surface area contributed by atoms with Gasteiger partial charge in [-0.15, -0.1) is 0 Å². The first kappa shape index (κ1) is 11.5. The molecule has 1 aliphatic rings. The maximum absolute atomic E-state index is 8.99. The van der Waals surface area contributed by atoms with E-state index in [4.69, 9.17) is 15.7 Å². The predicted octanol–water partition coefficient (Wildman–Crippen LogP) is 1.68. The molecule has 3 heteroatoms. The van der Waals surface area contributed by atoms with E-state index in [1.807, 2.05) is 6.92 Å². The molecule has 0 aromatic rings. The summed E-state index contributed by atoms with van der Waals surface area (Å²) >= 11 is 0. The summed E-state index contributed by atoms with van der Waals surface area (Å²) in [6.07, 6.45) is 2.32. The molecular weight excluding hydrogens is 176 g/mol. The zero-order valence-corrected chi connectivity index (χ0v) is 9.29. The van der Waals surface area contributed by atoms with Gasteiger partial charge in [0.1, 0.15) is 5.54 Å². The highest BCUT2D eigenvalue weighted by molar-refractivity contribution is 5.13. The lowest BCUT2D eigenvalue weighted by Gasteiger charge is -2.25. The molecular formula is C11H20N2O. The van der Waals surface area contributed by atoms with Gasteiger partial charge >= 0.3 is 0 Å². The van der Waals surface area contributed by atoms with Crippen LogP contribution >= 0.6 is 0 Å². The fraction of sp³-hybridized carbons (Fsp3) is 0.909. The Morgan fingerprint density at radius 1 is 1.50 bits per heavy atom. The summed E-state index contributed by atoms with van der Waals surface area (Å²) in [6, 6.07) is 2.19. The third-order valence-electron chi connectivity index (χ3n) is 3.04. The molecule has 2 atom stereocenters. The standard InChI is InChI=1S/C11H20N2O/c1-8(2)9(3)14-7-11(13,6-12)10-4-5-10/h8-10H,4-5,7,13H2,1-3H3. The number of nitrogens with two attached hydrogens (primary N) is 1. The molecule has 0 aromatic heterocycles. The number of nitriles is 1. The van der Waals surface area contributed by atoms with E-state index in [9.17, 15) is 0 Å². The number of hydrogen-bond acceptors (Lipinski definition) is 3. The maximum Gasteiger partial charge on any atom is 0.130 e. The summed E-state index contributed by atoms with van der Waals surface area (Å²) in [5.41, 5.74) is 5.22. The Hall–Kier alpha value is -0.590. The molecule has 0 radical (unpaired) electrons. The molecule has 1 saturated carbocycles. The molecule has 0 heterocycles. The number of ether oxygens (including phenoxy) is 1. The molecule has 3 nitrogen and oxygen atoms in total. The lowest BCUT2D eigenvalue weighted by atomic mass is 9.97. The van der Waals surface area contributed by atoms with Crippen LogP contribution in [0.2, 0.25) is 0 Å². The Kier molecular flexibility index (Phi) is 3.52. The number of nitrogens with zero attached hydrogens (tertiary/aromatic N) is 1. The molecule has 1 aliphatic carbocycles. The number of rotatable bonds is 5. The van der Waals surface area contributed by atoms with Crippen LogP contribution in [0, 0.1) is 23.2 Å². The second kappa shape index (κ2) is 4.29. The van der Waals surface area contributed by atoms with Crippen molar-refractivity contribution in [2.24, 2.45) is 17.6 Å². The third kappa shape index (κ3) is 2.70. The molecule has 2 N–H and O–H groups in total. The topological polar surface area (TPSA) is 59.0 Å². The van der Waals surface area contributed by atoms with Gasteiger partial charge < -0.3 is 10.5 Å². The highest BCUT2D eigenvalue weighted by Crippen LogP contribution is 2.38.